The number of pyridine rings is 2. The average molecular weight is 432 g/mol. The Hall–Kier alpha value is -2.68. The van der Waals surface area contributed by atoms with Crippen LogP contribution in [0, 0.1) is 0 Å². The van der Waals surface area contributed by atoms with Crippen LogP contribution < -0.4 is 16.0 Å². The zero-order chi connectivity index (χ0) is 21.5. The number of anilines is 1. The first-order chi connectivity index (χ1) is 15.8. The van der Waals surface area contributed by atoms with E-state index in [1.54, 1.807) is 0 Å². The molecule has 6 rings (SSSR count). The summed E-state index contributed by atoms with van der Waals surface area (Å²) in [4.78, 5) is 21.6. The molecule has 2 saturated heterocycles. The molecule has 166 valence electrons. The summed E-state index contributed by atoms with van der Waals surface area (Å²) >= 11 is 0. The molecule has 3 N–H and O–H groups in total. The second kappa shape index (κ2) is 8.35. The zero-order valence-electron chi connectivity index (χ0n) is 18.2. The van der Waals surface area contributed by atoms with Crippen molar-refractivity contribution in [1.29, 1.82) is 0 Å². The number of aromatic nitrogens is 4. The van der Waals surface area contributed by atoms with E-state index in [-0.39, 0.29) is 12.0 Å². The Labute approximate surface area is 187 Å². The smallest absolute Gasteiger partial charge is 0.162 e. The molecule has 2 unspecified atom stereocenters. The molecule has 3 fully saturated rings. The number of piperazine rings is 1. The third-order valence-electron chi connectivity index (χ3n) is 6.88. The Bertz CT molecular complexity index is 1130. The zero-order valence-corrected chi connectivity index (χ0v) is 18.2. The quantitative estimate of drug-likeness (QED) is 0.648. The number of hydrogen-bond donors (Lipinski definition) is 2. The van der Waals surface area contributed by atoms with Gasteiger partial charge in [0.15, 0.2) is 5.82 Å². The number of rotatable bonds is 4. The first kappa shape index (κ1) is 20.0. The molecule has 32 heavy (non-hydrogen) atoms. The van der Waals surface area contributed by atoms with Gasteiger partial charge in [-0.05, 0) is 42.9 Å². The van der Waals surface area contributed by atoms with Gasteiger partial charge in [-0.25, -0.2) is 9.97 Å². The van der Waals surface area contributed by atoms with Crippen molar-refractivity contribution in [2.75, 3.05) is 44.3 Å². The van der Waals surface area contributed by atoms with Gasteiger partial charge in [0.1, 0.15) is 5.82 Å². The van der Waals surface area contributed by atoms with Gasteiger partial charge >= 0.3 is 0 Å². The molecule has 0 bridgehead atoms. The highest BCUT2D eigenvalue weighted by molar-refractivity contribution is 5.94. The number of fused-ring (bicyclic) bond motifs is 1. The van der Waals surface area contributed by atoms with Crippen molar-refractivity contribution in [2.24, 2.45) is 5.73 Å². The average Bonchev–Trinajstić information content (AvgIpc) is 3.69. The van der Waals surface area contributed by atoms with Crippen LogP contribution in [0.5, 0.6) is 0 Å². The van der Waals surface area contributed by atoms with Crippen LogP contribution in [0.1, 0.15) is 42.4 Å². The Morgan fingerprint density at radius 3 is 2.78 bits per heavy atom. The first-order valence-electron chi connectivity index (χ1n) is 11.7. The van der Waals surface area contributed by atoms with Gasteiger partial charge in [0, 0.05) is 73.8 Å². The number of nitrogens with two attached hydrogens (primary N) is 1. The summed E-state index contributed by atoms with van der Waals surface area (Å²) in [7, 11) is 0. The molecule has 0 amide bonds. The Morgan fingerprint density at radius 1 is 1.09 bits per heavy atom. The molecule has 0 aromatic carbocycles. The van der Waals surface area contributed by atoms with E-state index in [2.05, 4.69) is 26.3 Å². The van der Waals surface area contributed by atoms with Gasteiger partial charge in [-0.15, -0.1) is 0 Å². The highest BCUT2D eigenvalue weighted by atomic mass is 16.5. The second-order valence-corrected chi connectivity index (χ2v) is 9.11. The van der Waals surface area contributed by atoms with E-state index >= 15 is 0 Å². The van der Waals surface area contributed by atoms with Crippen LogP contribution in [0.25, 0.3) is 22.3 Å². The van der Waals surface area contributed by atoms with Crippen LogP contribution in [0.3, 0.4) is 0 Å². The topological polar surface area (TPSA) is 102 Å². The Morgan fingerprint density at radius 2 is 1.97 bits per heavy atom. The molecule has 3 aromatic rings. The Balaban J connectivity index is 1.46. The van der Waals surface area contributed by atoms with Crippen molar-refractivity contribution >= 4 is 16.7 Å². The monoisotopic (exact) mass is 431 g/mol. The van der Waals surface area contributed by atoms with Gasteiger partial charge in [0.25, 0.3) is 0 Å². The van der Waals surface area contributed by atoms with Crippen molar-refractivity contribution < 1.29 is 4.74 Å². The number of nitrogens with zero attached hydrogens (tertiary/aromatic N) is 5. The fraction of sp³-hybridized carbons (Fsp3) is 0.500. The Kier molecular flexibility index (Phi) is 5.21. The van der Waals surface area contributed by atoms with Gasteiger partial charge in [0.05, 0.1) is 18.3 Å². The first-order valence-corrected chi connectivity index (χ1v) is 11.7. The van der Waals surface area contributed by atoms with E-state index in [0.717, 1.165) is 67.6 Å². The molecular formula is C24H29N7O. The summed E-state index contributed by atoms with van der Waals surface area (Å²) in [5.41, 5.74) is 10.5. The molecule has 8 nitrogen and oxygen atoms in total. The molecule has 8 heteroatoms. The summed E-state index contributed by atoms with van der Waals surface area (Å²) < 4.78 is 5.68. The molecule has 0 radical (unpaired) electrons. The van der Waals surface area contributed by atoms with Gasteiger partial charge < -0.3 is 20.7 Å². The van der Waals surface area contributed by atoms with Gasteiger partial charge in [-0.3, -0.25) is 9.97 Å². The lowest BCUT2D eigenvalue weighted by Crippen LogP contribution is -2.44. The summed E-state index contributed by atoms with van der Waals surface area (Å²) in [6.07, 6.45) is 9.03. The van der Waals surface area contributed by atoms with Crippen LogP contribution in [0.4, 0.5) is 5.82 Å². The maximum absolute atomic E-state index is 6.37. The van der Waals surface area contributed by atoms with E-state index in [1.165, 1.54) is 23.8 Å². The highest BCUT2D eigenvalue weighted by Crippen LogP contribution is 2.44. The van der Waals surface area contributed by atoms with Crippen LogP contribution in [-0.2, 0) is 4.74 Å². The summed E-state index contributed by atoms with van der Waals surface area (Å²) in [6.45, 7) is 5.13. The lowest BCUT2D eigenvalue weighted by Gasteiger charge is -2.30. The third kappa shape index (κ3) is 3.72. The van der Waals surface area contributed by atoms with E-state index < -0.39 is 0 Å². The van der Waals surface area contributed by atoms with Crippen molar-refractivity contribution in [3.63, 3.8) is 0 Å². The molecule has 1 saturated carbocycles. The fourth-order valence-electron chi connectivity index (χ4n) is 4.88. The predicted octanol–water partition coefficient (Wildman–Crippen LogP) is 2.20. The van der Waals surface area contributed by atoms with Gasteiger partial charge in [-0.1, -0.05) is 0 Å². The maximum Gasteiger partial charge on any atom is 0.162 e. The molecule has 0 spiro atoms. The van der Waals surface area contributed by atoms with Crippen molar-refractivity contribution in [1.82, 2.24) is 25.3 Å². The SMILES string of the molecule is NC1CCOCC1c1cc(-c2nc(N3CCNCC3)c3c(C4CC4)cncc3n2)ccn1. The lowest BCUT2D eigenvalue weighted by atomic mass is 9.92. The lowest BCUT2D eigenvalue weighted by molar-refractivity contribution is 0.0680. The van der Waals surface area contributed by atoms with E-state index in [1.807, 2.05) is 24.7 Å². The molecule has 2 aliphatic heterocycles. The summed E-state index contributed by atoms with van der Waals surface area (Å²) in [5.74, 6) is 2.43. The van der Waals surface area contributed by atoms with E-state index in [4.69, 9.17) is 20.4 Å². The minimum Gasteiger partial charge on any atom is -0.381 e. The third-order valence-corrected chi connectivity index (χ3v) is 6.88. The highest BCUT2D eigenvalue weighted by Gasteiger charge is 2.30. The molecule has 2 atom stereocenters. The van der Waals surface area contributed by atoms with Crippen LogP contribution >= 0.6 is 0 Å². The largest absolute Gasteiger partial charge is 0.381 e. The number of nitrogens with one attached hydrogen (secondary N) is 1. The van der Waals surface area contributed by atoms with Crippen molar-refractivity contribution in [3.05, 3.63) is 42.0 Å². The van der Waals surface area contributed by atoms with Crippen LogP contribution in [0.15, 0.2) is 30.7 Å². The van der Waals surface area contributed by atoms with Crippen molar-refractivity contribution in [2.45, 2.75) is 37.1 Å². The van der Waals surface area contributed by atoms with E-state index in [0.29, 0.717) is 12.5 Å². The number of ether oxygens (including phenoxy) is 1. The van der Waals surface area contributed by atoms with E-state index in [9.17, 15) is 0 Å². The minimum atomic E-state index is 0.0609. The molecule has 1 aliphatic carbocycles. The second-order valence-electron chi connectivity index (χ2n) is 9.11. The predicted molar refractivity (Wildman–Crippen MR) is 124 cm³/mol. The maximum atomic E-state index is 6.37. The standard InChI is InChI=1S/C24H29N7O/c25-19-4-10-32-14-18(19)20-11-16(3-5-28-20)23-29-21-13-27-12-17(15-1-2-15)22(21)24(30-23)31-8-6-26-7-9-31/h3,5,11-13,15,18-19,26H,1-2,4,6-10,14,25H2. The molecular weight excluding hydrogens is 402 g/mol. The van der Waals surface area contributed by atoms with Gasteiger partial charge in [-0.2, -0.15) is 0 Å². The van der Waals surface area contributed by atoms with Crippen molar-refractivity contribution in [3.8, 4) is 11.4 Å². The summed E-state index contributed by atoms with van der Waals surface area (Å²) in [6, 6.07) is 4.13. The van der Waals surface area contributed by atoms with Crippen LogP contribution in [0.2, 0.25) is 0 Å². The van der Waals surface area contributed by atoms with Gasteiger partial charge in [0.2, 0.25) is 0 Å². The summed E-state index contributed by atoms with van der Waals surface area (Å²) in [5, 5.41) is 4.62. The van der Waals surface area contributed by atoms with Crippen LogP contribution in [-0.4, -0.2) is 65.4 Å². The minimum absolute atomic E-state index is 0.0609. The molecule has 5 heterocycles. The normalized spacial score (nSPS) is 24.1. The molecule has 3 aromatic heterocycles. The fourth-order valence-corrected chi connectivity index (χ4v) is 4.88. The molecule has 3 aliphatic rings. The number of hydrogen-bond acceptors (Lipinski definition) is 8.